The number of aliphatic hydroxyl groups is 1. The maximum Gasteiger partial charge on any atom is 0.0571 e. The van der Waals surface area contributed by atoms with Crippen molar-refractivity contribution in [3.63, 3.8) is 0 Å². The van der Waals surface area contributed by atoms with E-state index >= 15 is 0 Å². The molecule has 0 radical (unpaired) electrons. The van der Waals surface area contributed by atoms with Crippen molar-refractivity contribution >= 4 is 11.8 Å². The van der Waals surface area contributed by atoms with Crippen LogP contribution >= 0.6 is 11.8 Å². The Labute approximate surface area is 72.6 Å². The van der Waals surface area contributed by atoms with Crippen LogP contribution in [0.3, 0.4) is 0 Å². The molecule has 1 saturated heterocycles. The average molecular weight is 172 g/mol. The molecule has 0 aromatic rings. The Hall–Kier alpha value is 0.310. The lowest BCUT2D eigenvalue weighted by atomic mass is 9.84. The molecule has 2 aliphatic rings. The zero-order valence-electron chi connectivity index (χ0n) is 7.05. The Morgan fingerprint density at radius 1 is 1.55 bits per heavy atom. The molecule has 0 aromatic carbocycles. The van der Waals surface area contributed by atoms with Gasteiger partial charge < -0.3 is 5.11 Å². The molecular formula is C9H16OS. The molecule has 0 amide bonds. The number of rotatable bonds is 2. The van der Waals surface area contributed by atoms with Crippen molar-refractivity contribution in [3.8, 4) is 0 Å². The van der Waals surface area contributed by atoms with Gasteiger partial charge in [-0.1, -0.05) is 0 Å². The van der Waals surface area contributed by atoms with E-state index in [1.165, 1.54) is 30.8 Å². The maximum atomic E-state index is 9.59. The number of thioether (sulfide) groups is 1. The van der Waals surface area contributed by atoms with Gasteiger partial charge in [0.1, 0.15) is 0 Å². The Balaban J connectivity index is 2.01. The summed E-state index contributed by atoms with van der Waals surface area (Å²) in [6.07, 6.45) is 3.83. The minimum atomic E-state index is -0.0637. The zero-order valence-corrected chi connectivity index (χ0v) is 7.86. The van der Waals surface area contributed by atoms with E-state index in [0.29, 0.717) is 5.41 Å². The van der Waals surface area contributed by atoms with Crippen LogP contribution in [0.5, 0.6) is 0 Å². The monoisotopic (exact) mass is 172 g/mol. The third kappa shape index (κ3) is 1.20. The summed E-state index contributed by atoms with van der Waals surface area (Å²) < 4.78 is 0. The fraction of sp³-hybridized carbons (Fsp3) is 1.00. The lowest BCUT2D eigenvalue weighted by Crippen LogP contribution is -2.27. The number of hydrogen-bond donors (Lipinski definition) is 1. The minimum absolute atomic E-state index is 0.0637. The van der Waals surface area contributed by atoms with Crippen molar-refractivity contribution in [2.75, 3.05) is 11.5 Å². The van der Waals surface area contributed by atoms with Crippen LogP contribution in [-0.4, -0.2) is 22.7 Å². The maximum absolute atomic E-state index is 9.59. The molecule has 2 heteroatoms. The van der Waals surface area contributed by atoms with Gasteiger partial charge in [0.15, 0.2) is 0 Å². The molecule has 0 aromatic heterocycles. The van der Waals surface area contributed by atoms with Gasteiger partial charge in [0.25, 0.3) is 0 Å². The van der Waals surface area contributed by atoms with Gasteiger partial charge in [-0.3, -0.25) is 0 Å². The fourth-order valence-electron chi connectivity index (χ4n) is 2.30. The van der Waals surface area contributed by atoms with Gasteiger partial charge in [-0.05, 0) is 49.0 Å². The van der Waals surface area contributed by atoms with Crippen molar-refractivity contribution in [1.82, 2.24) is 0 Å². The highest BCUT2D eigenvalue weighted by molar-refractivity contribution is 7.99. The molecule has 1 heterocycles. The van der Waals surface area contributed by atoms with E-state index in [1.807, 2.05) is 6.92 Å². The van der Waals surface area contributed by atoms with Crippen LogP contribution in [0.2, 0.25) is 0 Å². The van der Waals surface area contributed by atoms with Gasteiger partial charge in [-0.15, -0.1) is 0 Å². The highest BCUT2D eigenvalue weighted by Gasteiger charge is 2.53. The van der Waals surface area contributed by atoms with E-state index in [9.17, 15) is 5.11 Å². The highest BCUT2D eigenvalue weighted by atomic mass is 32.2. The molecular weight excluding hydrogens is 156 g/mol. The molecule has 0 bridgehead atoms. The van der Waals surface area contributed by atoms with Crippen LogP contribution < -0.4 is 0 Å². The normalized spacial score (nSPS) is 37.1. The summed E-state index contributed by atoms with van der Waals surface area (Å²) >= 11 is 2.06. The molecule has 2 unspecified atom stereocenters. The van der Waals surface area contributed by atoms with Gasteiger partial charge in [0.2, 0.25) is 0 Å². The second-order valence-electron chi connectivity index (χ2n) is 3.97. The van der Waals surface area contributed by atoms with Crippen molar-refractivity contribution in [2.24, 2.45) is 11.3 Å². The largest absolute Gasteiger partial charge is 0.393 e. The van der Waals surface area contributed by atoms with Gasteiger partial charge in [0, 0.05) is 0 Å². The Bertz CT molecular complexity index is 146. The third-order valence-corrected chi connectivity index (χ3v) is 4.56. The van der Waals surface area contributed by atoms with Gasteiger partial charge in [0.05, 0.1) is 6.10 Å². The summed E-state index contributed by atoms with van der Waals surface area (Å²) in [5.41, 5.74) is 0.365. The fourth-order valence-corrected chi connectivity index (χ4v) is 3.70. The Kier molecular flexibility index (Phi) is 1.92. The van der Waals surface area contributed by atoms with E-state index < -0.39 is 0 Å². The molecule has 1 aliphatic heterocycles. The summed E-state index contributed by atoms with van der Waals surface area (Å²) in [5.74, 6) is 3.44. The zero-order chi connectivity index (χ0) is 7.90. The van der Waals surface area contributed by atoms with Crippen molar-refractivity contribution in [1.29, 1.82) is 0 Å². The van der Waals surface area contributed by atoms with Crippen molar-refractivity contribution < 1.29 is 5.11 Å². The van der Waals surface area contributed by atoms with E-state index in [1.54, 1.807) is 0 Å². The van der Waals surface area contributed by atoms with E-state index in [0.717, 1.165) is 5.92 Å². The molecule has 1 nitrogen and oxygen atoms in total. The molecule has 11 heavy (non-hydrogen) atoms. The van der Waals surface area contributed by atoms with Gasteiger partial charge in [-0.25, -0.2) is 0 Å². The quantitative estimate of drug-likeness (QED) is 0.686. The second kappa shape index (κ2) is 2.67. The van der Waals surface area contributed by atoms with Crippen LogP contribution in [0.1, 0.15) is 26.2 Å². The summed E-state index contributed by atoms with van der Waals surface area (Å²) in [5, 5.41) is 9.59. The second-order valence-corrected chi connectivity index (χ2v) is 5.12. The van der Waals surface area contributed by atoms with E-state index in [2.05, 4.69) is 11.8 Å². The molecule has 2 fully saturated rings. The van der Waals surface area contributed by atoms with E-state index in [-0.39, 0.29) is 6.10 Å². The Morgan fingerprint density at radius 3 is 2.64 bits per heavy atom. The summed E-state index contributed by atoms with van der Waals surface area (Å²) in [7, 11) is 0. The topological polar surface area (TPSA) is 20.2 Å². The summed E-state index contributed by atoms with van der Waals surface area (Å²) in [4.78, 5) is 0. The Morgan fingerprint density at radius 2 is 2.27 bits per heavy atom. The smallest absolute Gasteiger partial charge is 0.0571 e. The van der Waals surface area contributed by atoms with Gasteiger partial charge >= 0.3 is 0 Å². The number of aliphatic hydroxyl groups excluding tert-OH is 1. The number of hydrogen-bond acceptors (Lipinski definition) is 2. The predicted octanol–water partition coefficient (Wildman–Crippen LogP) is 1.90. The first-order valence-corrected chi connectivity index (χ1v) is 5.67. The summed E-state index contributed by atoms with van der Waals surface area (Å²) in [6, 6.07) is 0. The average Bonchev–Trinajstić information content (AvgIpc) is 2.61. The van der Waals surface area contributed by atoms with E-state index in [4.69, 9.17) is 0 Å². The SMILES string of the molecule is CC(O)C1(C2CCSC2)CC1. The molecule has 2 rings (SSSR count). The predicted molar refractivity (Wildman–Crippen MR) is 48.8 cm³/mol. The molecule has 1 aliphatic carbocycles. The first-order valence-electron chi connectivity index (χ1n) is 4.51. The van der Waals surface area contributed by atoms with Crippen LogP contribution in [0.15, 0.2) is 0 Å². The standard InChI is InChI=1S/C9H16OS/c1-7(10)9(3-4-9)8-2-5-11-6-8/h7-8,10H,2-6H2,1H3. The first-order chi connectivity index (χ1) is 5.26. The third-order valence-electron chi connectivity index (χ3n) is 3.40. The molecule has 64 valence electrons. The van der Waals surface area contributed by atoms with Crippen molar-refractivity contribution in [3.05, 3.63) is 0 Å². The molecule has 2 atom stereocenters. The minimum Gasteiger partial charge on any atom is -0.393 e. The van der Waals surface area contributed by atoms with Crippen molar-refractivity contribution in [2.45, 2.75) is 32.3 Å². The summed E-state index contributed by atoms with van der Waals surface area (Å²) in [6.45, 7) is 1.97. The first kappa shape index (κ1) is 7.93. The molecule has 0 spiro atoms. The molecule has 1 saturated carbocycles. The van der Waals surface area contributed by atoms with Crippen LogP contribution in [-0.2, 0) is 0 Å². The van der Waals surface area contributed by atoms with Crippen LogP contribution in [0.25, 0.3) is 0 Å². The van der Waals surface area contributed by atoms with Gasteiger partial charge in [-0.2, -0.15) is 11.8 Å². The lowest BCUT2D eigenvalue weighted by molar-refractivity contribution is 0.0767. The lowest BCUT2D eigenvalue weighted by Gasteiger charge is -2.24. The molecule has 1 N–H and O–H groups in total. The van der Waals surface area contributed by atoms with Crippen LogP contribution in [0.4, 0.5) is 0 Å². The highest BCUT2D eigenvalue weighted by Crippen LogP contribution is 2.58. The van der Waals surface area contributed by atoms with Crippen LogP contribution in [0, 0.1) is 11.3 Å².